The van der Waals surface area contributed by atoms with E-state index in [0.717, 1.165) is 22.7 Å². The highest BCUT2D eigenvalue weighted by Gasteiger charge is 2.18. The Labute approximate surface area is 163 Å². The van der Waals surface area contributed by atoms with E-state index in [-0.39, 0.29) is 5.75 Å². The second kappa shape index (κ2) is 7.15. The Morgan fingerprint density at radius 2 is 1.82 bits per heavy atom. The lowest BCUT2D eigenvalue weighted by molar-refractivity contribution is 0.405. The maximum atomic E-state index is 10.4. The van der Waals surface area contributed by atoms with Crippen LogP contribution in [-0.4, -0.2) is 28.7 Å². The molecule has 0 radical (unpaired) electrons. The minimum Gasteiger partial charge on any atom is -0.507 e. The fourth-order valence-corrected chi connectivity index (χ4v) is 3.17. The molecule has 0 unspecified atom stereocenters. The molecule has 0 aliphatic rings. The van der Waals surface area contributed by atoms with Crippen LogP contribution in [0.5, 0.6) is 17.2 Å². The Morgan fingerprint density at radius 3 is 2.57 bits per heavy atom. The first-order valence-electron chi connectivity index (χ1n) is 8.87. The number of rotatable bonds is 5. The van der Waals surface area contributed by atoms with Gasteiger partial charge in [-0.1, -0.05) is 18.2 Å². The summed E-state index contributed by atoms with van der Waals surface area (Å²) >= 11 is 0. The van der Waals surface area contributed by atoms with Gasteiger partial charge in [-0.15, -0.1) is 0 Å². The second-order valence-corrected chi connectivity index (χ2v) is 6.45. The van der Waals surface area contributed by atoms with E-state index in [1.54, 1.807) is 26.4 Å². The summed E-state index contributed by atoms with van der Waals surface area (Å²) in [6, 6.07) is 16.7. The van der Waals surface area contributed by atoms with Gasteiger partial charge in [0, 0.05) is 17.8 Å². The minimum atomic E-state index is 0.170. The van der Waals surface area contributed by atoms with Crippen molar-refractivity contribution in [3.63, 3.8) is 0 Å². The average Bonchev–Trinajstić information content (AvgIpc) is 3.05. The number of phenolic OH excluding ortho intramolecular Hbond substituents is 1. The van der Waals surface area contributed by atoms with Crippen LogP contribution < -0.4 is 14.8 Å². The molecule has 0 fully saturated rings. The summed E-state index contributed by atoms with van der Waals surface area (Å²) in [7, 11) is 3.24. The Hall–Kier alpha value is -3.67. The smallest absolute Gasteiger partial charge is 0.143 e. The van der Waals surface area contributed by atoms with Crippen LogP contribution >= 0.6 is 0 Å². The van der Waals surface area contributed by atoms with Crippen molar-refractivity contribution in [1.29, 1.82) is 0 Å². The summed E-state index contributed by atoms with van der Waals surface area (Å²) in [4.78, 5) is 4.75. The van der Waals surface area contributed by atoms with Crippen molar-refractivity contribution >= 4 is 17.2 Å². The predicted molar refractivity (Wildman–Crippen MR) is 110 cm³/mol. The largest absolute Gasteiger partial charge is 0.507 e. The van der Waals surface area contributed by atoms with Crippen molar-refractivity contribution < 1.29 is 14.6 Å². The Kier molecular flexibility index (Phi) is 4.53. The van der Waals surface area contributed by atoms with Gasteiger partial charge in [-0.05, 0) is 42.8 Å². The first-order chi connectivity index (χ1) is 13.6. The zero-order valence-corrected chi connectivity index (χ0v) is 15.9. The molecule has 0 atom stereocenters. The highest BCUT2D eigenvalue weighted by Crippen LogP contribution is 2.38. The van der Waals surface area contributed by atoms with E-state index in [1.807, 2.05) is 60.0 Å². The van der Waals surface area contributed by atoms with Gasteiger partial charge in [0.15, 0.2) is 0 Å². The van der Waals surface area contributed by atoms with Gasteiger partial charge >= 0.3 is 0 Å². The molecule has 0 amide bonds. The Balaban J connectivity index is 1.94. The standard InChI is InChI=1S/C22H21N3O3/c1-14-8-11-20-24-21(16-6-4-5-7-18(16)26)22(25(20)13-14)23-17-12-15(27-2)9-10-19(17)28-3/h4-13,23,26H,1-3H3. The molecule has 0 spiro atoms. The number of pyridine rings is 1. The van der Waals surface area contributed by atoms with E-state index in [4.69, 9.17) is 14.5 Å². The van der Waals surface area contributed by atoms with Crippen molar-refractivity contribution in [3.8, 4) is 28.5 Å². The van der Waals surface area contributed by atoms with Gasteiger partial charge in [0.25, 0.3) is 0 Å². The van der Waals surface area contributed by atoms with Gasteiger partial charge in [0.1, 0.15) is 34.4 Å². The summed E-state index contributed by atoms with van der Waals surface area (Å²) in [5.41, 5.74) is 3.89. The fourth-order valence-electron chi connectivity index (χ4n) is 3.17. The number of aryl methyl sites for hydroxylation is 1. The minimum absolute atomic E-state index is 0.170. The Bertz CT molecular complexity index is 1150. The number of hydrogen-bond acceptors (Lipinski definition) is 5. The van der Waals surface area contributed by atoms with Crippen LogP contribution in [0.25, 0.3) is 16.9 Å². The molecular formula is C22H21N3O3. The third-order valence-electron chi connectivity index (χ3n) is 4.59. The predicted octanol–water partition coefficient (Wildman–Crippen LogP) is 4.78. The number of imidazole rings is 1. The van der Waals surface area contributed by atoms with Crippen LogP contribution in [0.4, 0.5) is 11.5 Å². The maximum absolute atomic E-state index is 10.4. The van der Waals surface area contributed by atoms with E-state index in [1.165, 1.54) is 0 Å². The van der Waals surface area contributed by atoms with E-state index >= 15 is 0 Å². The van der Waals surface area contributed by atoms with Crippen LogP contribution in [0.1, 0.15) is 5.56 Å². The van der Waals surface area contributed by atoms with Crippen molar-refractivity contribution in [2.24, 2.45) is 0 Å². The number of aromatic nitrogens is 2. The molecule has 2 aromatic heterocycles. The summed E-state index contributed by atoms with van der Waals surface area (Å²) < 4.78 is 12.8. The molecule has 2 aromatic carbocycles. The molecule has 4 rings (SSSR count). The van der Waals surface area contributed by atoms with Crippen LogP contribution in [0.2, 0.25) is 0 Å². The summed E-state index contributed by atoms with van der Waals surface area (Å²) in [6.45, 7) is 2.02. The molecule has 0 saturated carbocycles. The Morgan fingerprint density at radius 1 is 1.00 bits per heavy atom. The van der Waals surface area contributed by atoms with Crippen LogP contribution in [-0.2, 0) is 0 Å². The number of benzene rings is 2. The molecule has 142 valence electrons. The number of anilines is 2. The van der Waals surface area contributed by atoms with Crippen molar-refractivity contribution in [3.05, 3.63) is 66.4 Å². The van der Waals surface area contributed by atoms with Gasteiger partial charge < -0.3 is 19.9 Å². The van der Waals surface area contributed by atoms with Crippen LogP contribution in [0.3, 0.4) is 0 Å². The van der Waals surface area contributed by atoms with Gasteiger partial charge in [-0.3, -0.25) is 4.40 Å². The van der Waals surface area contributed by atoms with E-state index in [0.29, 0.717) is 22.8 Å². The van der Waals surface area contributed by atoms with Crippen LogP contribution in [0.15, 0.2) is 60.8 Å². The van der Waals surface area contributed by atoms with Gasteiger partial charge in [0.05, 0.1) is 19.9 Å². The van der Waals surface area contributed by atoms with Crippen LogP contribution in [0, 0.1) is 6.92 Å². The number of ether oxygens (including phenoxy) is 2. The second-order valence-electron chi connectivity index (χ2n) is 6.45. The number of phenols is 1. The highest BCUT2D eigenvalue weighted by atomic mass is 16.5. The molecule has 0 aliphatic heterocycles. The lowest BCUT2D eigenvalue weighted by Gasteiger charge is -2.14. The summed E-state index contributed by atoms with van der Waals surface area (Å²) in [5, 5.41) is 13.8. The summed E-state index contributed by atoms with van der Waals surface area (Å²) in [5.74, 6) is 2.28. The topological polar surface area (TPSA) is 68.0 Å². The third kappa shape index (κ3) is 3.09. The number of nitrogens with zero attached hydrogens (tertiary/aromatic N) is 2. The average molecular weight is 375 g/mol. The quantitative estimate of drug-likeness (QED) is 0.526. The van der Waals surface area contributed by atoms with Crippen molar-refractivity contribution in [2.75, 3.05) is 19.5 Å². The van der Waals surface area contributed by atoms with Crippen molar-refractivity contribution in [1.82, 2.24) is 9.38 Å². The molecule has 6 nitrogen and oxygen atoms in total. The number of para-hydroxylation sites is 1. The number of fused-ring (bicyclic) bond motifs is 1. The number of methoxy groups -OCH3 is 2. The number of aromatic hydroxyl groups is 1. The zero-order chi connectivity index (χ0) is 19.7. The fraction of sp³-hybridized carbons (Fsp3) is 0.136. The van der Waals surface area contributed by atoms with E-state index < -0.39 is 0 Å². The van der Waals surface area contributed by atoms with Gasteiger partial charge in [-0.2, -0.15) is 0 Å². The maximum Gasteiger partial charge on any atom is 0.143 e. The molecule has 2 N–H and O–H groups in total. The molecule has 6 heteroatoms. The number of hydrogen-bond donors (Lipinski definition) is 2. The number of nitrogens with one attached hydrogen (secondary N) is 1. The lowest BCUT2D eigenvalue weighted by Crippen LogP contribution is -2.00. The lowest BCUT2D eigenvalue weighted by atomic mass is 10.1. The molecule has 4 aromatic rings. The molecule has 0 aliphatic carbocycles. The van der Waals surface area contributed by atoms with E-state index in [2.05, 4.69) is 5.32 Å². The molecule has 0 saturated heterocycles. The first kappa shape index (κ1) is 17.7. The normalized spacial score (nSPS) is 10.8. The van der Waals surface area contributed by atoms with Crippen molar-refractivity contribution in [2.45, 2.75) is 6.92 Å². The third-order valence-corrected chi connectivity index (χ3v) is 4.59. The summed E-state index contributed by atoms with van der Waals surface area (Å²) in [6.07, 6.45) is 2.00. The molecule has 0 bridgehead atoms. The monoisotopic (exact) mass is 375 g/mol. The first-order valence-corrected chi connectivity index (χ1v) is 8.87. The SMILES string of the molecule is COc1ccc(OC)c(Nc2c(-c3ccccc3O)nc3ccc(C)cn23)c1. The zero-order valence-electron chi connectivity index (χ0n) is 15.9. The molecule has 28 heavy (non-hydrogen) atoms. The molecule has 2 heterocycles. The van der Waals surface area contributed by atoms with Gasteiger partial charge in [0.2, 0.25) is 0 Å². The van der Waals surface area contributed by atoms with Gasteiger partial charge in [-0.25, -0.2) is 4.98 Å². The highest BCUT2D eigenvalue weighted by molar-refractivity contribution is 5.83. The molecular weight excluding hydrogens is 354 g/mol. The van der Waals surface area contributed by atoms with E-state index in [9.17, 15) is 5.11 Å².